The van der Waals surface area contributed by atoms with E-state index in [0.717, 1.165) is 17.5 Å². The highest BCUT2D eigenvalue weighted by Crippen LogP contribution is 2.18. The van der Waals surface area contributed by atoms with E-state index in [4.69, 9.17) is 16.3 Å². The largest absolute Gasteiger partial charge is 0.490 e. The lowest BCUT2D eigenvalue weighted by atomic mass is 10.1. The number of rotatable bonds is 11. The van der Waals surface area contributed by atoms with Gasteiger partial charge in [-0.15, -0.1) is 0 Å². The number of benzene rings is 2. The Kier molecular flexibility index (Phi) is 8.27. The summed E-state index contributed by atoms with van der Waals surface area (Å²) in [6.45, 7) is 1.75. The smallest absolute Gasteiger partial charge is 0.247 e. The van der Waals surface area contributed by atoms with E-state index in [2.05, 4.69) is 20.7 Å². The summed E-state index contributed by atoms with van der Waals surface area (Å²) in [6, 6.07) is 22.2. The second-order valence-electron chi connectivity index (χ2n) is 7.66. The molecule has 1 atom stereocenters. The highest BCUT2D eigenvalue weighted by molar-refractivity contribution is 6.30. The number of carbonyl (C=O) groups excluding carboxylic acids is 1. The molecule has 34 heavy (non-hydrogen) atoms. The number of anilines is 1. The number of nitrogens with one attached hydrogen (secondary N) is 2. The molecule has 0 bridgehead atoms. The van der Waals surface area contributed by atoms with Gasteiger partial charge in [0, 0.05) is 24.0 Å². The molecular formula is C26H26ClN5O2. The zero-order valence-corrected chi connectivity index (χ0v) is 19.4. The number of amides is 1. The van der Waals surface area contributed by atoms with Crippen LogP contribution in [0.5, 0.6) is 5.75 Å². The number of aromatic nitrogens is 3. The summed E-state index contributed by atoms with van der Waals surface area (Å²) in [5, 5.41) is 11.1. The molecule has 4 aromatic rings. The van der Waals surface area contributed by atoms with Crippen LogP contribution in [0.25, 0.3) is 0 Å². The van der Waals surface area contributed by atoms with Crippen LogP contribution in [0.3, 0.4) is 0 Å². The average Bonchev–Trinajstić information content (AvgIpc) is 3.38. The van der Waals surface area contributed by atoms with Crippen molar-refractivity contribution in [3.05, 3.63) is 108 Å². The summed E-state index contributed by atoms with van der Waals surface area (Å²) >= 11 is 5.96. The van der Waals surface area contributed by atoms with Crippen LogP contribution in [0, 0.1) is 0 Å². The van der Waals surface area contributed by atoms with Crippen molar-refractivity contribution in [2.75, 3.05) is 18.5 Å². The Morgan fingerprint density at radius 1 is 1.03 bits per heavy atom. The van der Waals surface area contributed by atoms with E-state index >= 15 is 0 Å². The molecule has 0 aliphatic heterocycles. The zero-order chi connectivity index (χ0) is 23.6. The van der Waals surface area contributed by atoms with E-state index < -0.39 is 6.04 Å². The fraction of sp³-hybridized carbons (Fsp3) is 0.192. The number of hydrogen-bond donors (Lipinski definition) is 2. The van der Waals surface area contributed by atoms with Crippen LogP contribution >= 0.6 is 11.6 Å². The third kappa shape index (κ3) is 6.91. The van der Waals surface area contributed by atoms with Crippen molar-refractivity contribution in [2.45, 2.75) is 19.0 Å². The van der Waals surface area contributed by atoms with E-state index in [1.54, 1.807) is 29.2 Å². The van der Waals surface area contributed by atoms with E-state index in [1.807, 2.05) is 66.9 Å². The fourth-order valence-electron chi connectivity index (χ4n) is 3.45. The quantitative estimate of drug-likeness (QED) is 0.333. The zero-order valence-electron chi connectivity index (χ0n) is 18.6. The lowest BCUT2D eigenvalue weighted by molar-refractivity contribution is -0.118. The maximum Gasteiger partial charge on any atom is 0.247 e. The molecule has 1 amide bonds. The highest BCUT2D eigenvalue weighted by Gasteiger charge is 2.20. The van der Waals surface area contributed by atoms with Gasteiger partial charge in [-0.25, -0.2) is 4.98 Å². The predicted octanol–water partition coefficient (Wildman–Crippen LogP) is 4.52. The molecule has 0 aliphatic carbocycles. The summed E-state index contributed by atoms with van der Waals surface area (Å²) in [7, 11) is 0. The first-order valence-electron chi connectivity index (χ1n) is 11.1. The van der Waals surface area contributed by atoms with Crippen molar-refractivity contribution in [1.29, 1.82) is 0 Å². The minimum atomic E-state index is -0.514. The lowest BCUT2D eigenvalue weighted by Gasteiger charge is -2.19. The van der Waals surface area contributed by atoms with Gasteiger partial charge in [-0.3, -0.25) is 9.48 Å². The number of carbonyl (C=O) groups is 1. The third-order valence-corrected chi connectivity index (χ3v) is 5.46. The normalized spacial score (nSPS) is 11.7. The number of halogens is 1. The molecule has 0 fully saturated rings. The molecule has 2 N–H and O–H groups in total. The van der Waals surface area contributed by atoms with Gasteiger partial charge in [0.1, 0.15) is 24.2 Å². The topological polar surface area (TPSA) is 81.1 Å². The standard InChI is InChI=1S/C26H26ClN5O2/c27-22-9-7-20(8-10-22)13-15-28-25(21-5-2-1-3-6-21)26(33)31-24-12-11-23(19-29-24)34-18-17-32-16-4-14-30-32/h1-12,14,16,19,25,28H,13,15,17-18H2,(H,29,31,33). The second-order valence-corrected chi connectivity index (χ2v) is 8.10. The minimum absolute atomic E-state index is 0.179. The Morgan fingerprint density at radius 2 is 1.85 bits per heavy atom. The van der Waals surface area contributed by atoms with E-state index in [9.17, 15) is 4.79 Å². The van der Waals surface area contributed by atoms with Crippen molar-refractivity contribution in [3.8, 4) is 5.75 Å². The van der Waals surface area contributed by atoms with Gasteiger partial charge < -0.3 is 15.4 Å². The molecule has 2 heterocycles. The molecule has 174 valence electrons. The first-order valence-corrected chi connectivity index (χ1v) is 11.4. The Bertz CT molecular complexity index is 1150. The Morgan fingerprint density at radius 3 is 2.56 bits per heavy atom. The van der Waals surface area contributed by atoms with Crippen molar-refractivity contribution in [3.63, 3.8) is 0 Å². The number of pyridine rings is 1. The summed E-state index contributed by atoms with van der Waals surface area (Å²) < 4.78 is 7.50. The van der Waals surface area contributed by atoms with Gasteiger partial charge in [0.05, 0.1) is 12.7 Å². The Balaban J connectivity index is 1.33. The number of ether oxygens (including phenoxy) is 1. The van der Waals surface area contributed by atoms with Crippen molar-refractivity contribution < 1.29 is 9.53 Å². The Hall–Kier alpha value is -3.68. The molecule has 0 radical (unpaired) electrons. The molecule has 4 rings (SSSR count). The first-order chi connectivity index (χ1) is 16.7. The monoisotopic (exact) mass is 475 g/mol. The maximum atomic E-state index is 13.1. The van der Waals surface area contributed by atoms with E-state index in [1.165, 1.54) is 0 Å². The maximum absolute atomic E-state index is 13.1. The first kappa shape index (κ1) is 23.5. The van der Waals surface area contributed by atoms with Crippen molar-refractivity contribution >= 4 is 23.3 Å². The second kappa shape index (κ2) is 12.0. The predicted molar refractivity (Wildman–Crippen MR) is 133 cm³/mol. The van der Waals surface area contributed by atoms with E-state index in [0.29, 0.717) is 36.3 Å². The van der Waals surface area contributed by atoms with Gasteiger partial charge in [-0.1, -0.05) is 54.1 Å². The molecule has 2 aromatic carbocycles. The van der Waals surface area contributed by atoms with Gasteiger partial charge in [-0.2, -0.15) is 5.10 Å². The van der Waals surface area contributed by atoms with Crippen molar-refractivity contribution in [1.82, 2.24) is 20.1 Å². The van der Waals surface area contributed by atoms with Gasteiger partial charge >= 0.3 is 0 Å². The van der Waals surface area contributed by atoms with Crippen LogP contribution in [-0.2, 0) is 17.8 Å². The molecule has 0 spiro atoms. The van der Waals surface area contributed by atoms with Crippen molar-refractivity contribution in [2.24, 2.45) is 0 Å². The summed E-state index contributed by atoms with van der Waals surface area (Å²) in [5.41, 5.74) is 2.03. The summed E-state index contributed by atoms with van der Waals surface area (Å²) in [4.78, 5) is 17.4. The molecular weight excluding hydrogens is 450 g/mol. The van der Waals surface area contributed by atoms with Gasteiger partial charge in [0.15, 0.2) is 0 Å². The molecule has 8 heteroatoms. The number of hydrogen-bond acceptors (Lipinski definition) is 5. The van der Waals surface area contributed by atoms with Crippen LogP contribution in [0.2, 0.25) is 5.02 Å². The molecule has 7 nitrogen and oxygen atoms in total. The highest BCUT2D eigenvalue weighted by atomic mass is 35.5. The van der Waals surface area contributed by atoms with E-state index in [-0.39, 0.29) is 5.91 Å². The summed E-state index contributed by atoms with van der Waals surface area (Å²) in [5.74, 6) is 0.915. The third-order valence-electron chi connectivity index (χ3n) is 5.21. The average molecular weight is 476 g/mol. The molecule has 1 unspecified atom stereocenters. The van der Waals surface area contributed by atoms with Gasteiger partial charge in [0.25, 0.3) is 0 Å². The lowest BCUT2D eigenvalue weighted by Crippen LogP contribution is -2.34. The van der Waals surface area contributed by atoms with Crippen LogP contribution < -0.4 is 15.4 Å². The van der Waals surface area contributed by atoms with Crippen LogP contribution in [0.1, 0.15) is 17.2 Å². The fourth-order valence-corrected chi connectivity index (χ4v) is 3.57. The molecule has 0 saturated carbocycles. The molecule has 0 aliphatic rings. The SMILES string of the molecule is O=C(Nc1ccc(OCCn2cccn2)cn1)C(NCCc1ccc(Cl)cc1)c1ccccc1. The summed E-state index contributed by atoms with van der Waals surface area (Å²) in [6.07, 6.45) is 5.99. The van der Waals surface area contributed by atoms with Crippen LogP contribution in [0.15, 0.2) is 91.4 Å². The van der Waals surface area contributed by atoms with Gasteiger partial charge in [-0.05, 0) is 47.9 Å². The van der Waals surface area contributed by atoms with Crippen LogP contribution in [0.4, 0.5) is 5.82 Å². The molecule has 2 aromatic heterocycles. The van der Waals surface area contributed by atoms with Gasteiger partial charge in [0.2, 0.25) is 5.91 Å². The van der Waals surface area contributed by atoms with Crippen LogP contribution in [-0.4, -0.2) is 33.8 Å². The minimum Gasteiger partial charge on any atom is -0.490 e. The Labute approximate surface area is 203 Å². The number of nitrogens with zero attached hydrogens (tertiary/aromatic N) is 3. The molecule has 0 saturated heterocycles.